The first-order valence-corrected chi connectivity index (χ1v) is 8.89. The normalized spacial score (nSPS) is 16.2. The molecule has 1 aliphatic heterocycles. The Morgan fingerprint density at radius 2 is 2.04 bits per heavy atom. The van der Waals surface area contributed by atoms with Gasteiger partial charge in [0.15, 0.2) is 0 Å². The van der Waals surface area contributed by atoms with E-state index in [1.807, 2.05) is 12.1 Å². The second-order valence-electron chi connectivity index (χ2n) is 4.91. The average Bonchev–Trinajstić information content (AvgIpc) is 3.11. The van der Waals surface area contributed by atoms with Gasteiger partial charge in [0.1, 0.15) is 15.8 Å². The summed E-state index contributed by atoms with van der Waals surface area (Å²) in [7, 11) is 0. The molecule has 0 atom stereocenters. The highest BCUT2D eigenvalue weighted by atomic mass is 35.5. The molecular formula is C17H11Cl2NO2S2. The molecule has 1 fully saturated rings. The number of carbonyl (C=O) groups excluding carboxylic acids is 1. The summed E-state index contributed by atoms with van der Waals surface area (Å²) in [5, 5.41) is 0.940. The molecule has 0 radical (unpaired) electrons. The van der Waals surface area contributed by atoms with Gasteiger partial charge in [0.05, 0.1) is 15.0 Å². The van der Waals surface area contributed by atoms with E-state index in [9.17, 15) is 4.79 Å². The molecule has 24 heavy (non-hydrogen) atoms. The van der Waals surface area contributed by atoms with Crippen molar-refractivity contribution in [2.45, 2.75) is 0 Å². The van der Waals surface area contributed by atoms with Crippen molar-refractivity contribution in [2.24, 2.45) is 0 Å². The van der Waals surface area contributed by atoms with Gasteiger partial charge in [0, 0.05) is 18.2 Å². The minimum Gasteiger partial charge on any atom is -0.457 e. The van der Waals surface area contributed by atoms with E-state index in [0.29, 0.717) is 37.3 Å². The van der Waals surface area contributed by atoms with Crippen molar-refractivity contribution in [1.82, 2.24) is 4.90 Å². The number of hydrogen-bond donors (Lipinski definition) is 0. The Morgan fingerprint density at radius 3 is 2.75 bits per heavy atom. The summed E-state index contributed by atoms with van der Waals surface area (Å²) in [6.07, 6.45) is 3.33. The first kappa shape index (κ1) is 17.3. The predicted molar refractivity (Wildman–Crippen MR) is 104 cm³/mol. The van der Waals surface area contributed by atoms with Crippen LogP contribution in [0.5, 0.6) is 0 Å². The van der Waals surface area contributed by atoms with E-state index in [1.165, 1.54) is 16.7 Å². The summed E-state index contributed by atoms with van der Waals surface area (Å²) in [6, 6.07) is 8.87. The third kappa shape index (κ3) is 3.44. The molecule has 2 aromatic rings. The predicted octanol–water partition coefficient (Wildman–Crippen LogP) is 5.64. The molecule has 0 aliphatic carbocycles. The second-order valence-corrected chi connectivity index (χ2v) is 7.40. The Balaban J connectivity index is 1.86. The SMILES string of the molecule is C=CCN1C(=O)/C(=C/c2ccc(-c3ccc(Cl)c(Cl)c3)o2)SC1=S. The number of hydrogen-bond acceptors (Lipinski definition) is 4. The Kier molecular flexibility index (Phi) is 5.15. The summed E-state index contributed by atoms with van der Waals surface area (Å²) in [6.45, 7) is 4.03. The van der Waals surface area contributed by atoms with Crippen LogP contribution >= 0.6 is 47.2 Å². The van der Waals surface area contributed by atoms with Crippen LogP contribution in [0, 0.1) is 0 Å². The standard InChI is InChI=1S/C17H11Cl2NO2S2/c1-2-7-20-16(21)15(24-17(20)23)9-11-4-6-14(22-11)10-3-5-12(18)13(19)8-10/h2-6,8-9H,1,7H2/b15-9-. The average molecular weight is 396 g/mol. The molecule has 0 bridgehead atoms. The van der Waals surface area contributed by atoms with E-state index in [2.05, 4.69) is 6.58 Å². The summed E-state index contributed by atoms with van der Waals surface area (Å²) in [5.74, 6) is 1.06. The van der Waals surface area contributed by atoms with Crippen molar-refractivity contribution in [3.63, 3.8) is 0 Å². The zero-order chi connectivity index (χ0) is 17.3. The van der Waals surface area contributed by atoms with Crippen LogP contribution in [0.15, 0.2) is 52.3 Å². The Bertz CT molecular complexity index is 873. The van der Waals surface area contributed by atoms with Crippen LogP contribution in [0.4, 0.5) is 0 Å². The molecule has 2 heterocycles. The van der Waals surface area contributed by atoms with Crippen molar-refractivity contribution < 1.29 is 9.21 Å². The number of rotatable bonds is 4. The maximum absolute atomic E-state index is 12.3. The maximum atomic E-state index is 12.3. The summed E-state index contributed by atoms with van der Waals surface area (Å²) in [5.41, 5.74) is 0.809. The van der Waals surface area contributed by atoms with Crippen LogP contribution in [0.1, 0.15) is 5.76 Å². The van der Waals surface area contributed by atoms with Gasteiger partial charge in [0.25, 0.3) is 5.91 Å². The Hall–Kier alpha value is -1.53. The van der Waals surface area contributed by atoms with Crippen molar-refractivity contribution in [3.05, 3.63) is 63.7 Å². The molecule has 1 aromatic carbocycles. The van der Waals surface area contributed by atoms with E-state index < -0.39 is 0 Å². The number of halogens is 2. The Morgan fingerprint density at radius 1 is 1.25 bits per heavy atom. The van der Waals surface area contributed by atoms with E-state index >= 15 is 0 Å². The fourth-order valence-corrected chi connectivity index (χ4v) is 3.70. The smallest absolute Gasteiger partial charge is 0.266 e. The van der Waals surface area contributed by atoms with Crippen LogP contribution in [-0.4, -0.2) is 21.7 Å². The van der Waals surface area contributed by atoms with Crippen LogP contribution in [0.3, 0.4) is 0 Å². The summed E-state index contributed by atoms with van der Waals surface area (Å²) < 4.78 is 6.30. The molecule has 0 unspecified atom stereocenters. The number of thioether (sulfide) groups is 1. The highest BCUT2D eigenvalue weighted by Crippen LogP contribution is 2.34. The van der Waals surface area contributed by atoms with Gasteiger partial charge in [-0.2, -0.15) is 0 Å². The van der Waals surface area contributed by atoms with E-state index in [-0.39, 0.29) is 5.91 Å². The van der Waals surface area contributed by atoms with Crippen LogP contribution < -0.4 is 0 Å². The number of amides is 1. The second kappa shape index (κ2) is 7.15. The van der Waals surface area contributed by atoms with Crippen LogP contribution in [-0.2, 0) is 4.79 Å². The minimum absolute atomic E-state index is 0.141. The topological polar surface area (TPSA) is 33.5 Å². The van der Waals surface area contributed by atoms with E-state index in [0.717, 1.165) is 5.56 Å². The Labute approximate surface area is 158 Å². The number of nitrogens with zero attached hydrogens (tertiary/aromatic N) is 1. The molecule has 122 valence electrons. The van der Waals surface area contributed by atoms with Gasteiger partial charge < -0.3 is 4.42 Å². The number of benzene rings is 1. The van der Waals surface area contributed by atoms with Gasteiger partial charge in [-0.1, -0.05) is 53.3 Å². The number of thiocarbonyl (C=S) groups is 1. The lowest BCUT2D eigenvalue weighted by Crippen LogP contribution is -2.27. The van der Waals surface area contributed by atoms with Gasteiger partial charge in [-0.05, 0) is 30.3 Å². The fraction of sp³-hybridized carbons (Fsp3) is 0.0588. The van der Waals surface area contributed by atoms with Crippen molar-refractivity contribution in [1.29, 1.82) is 0 Å². The van der Waals surface area contributed by atoms with Gasteiger partial charge in [-0.25, -0.2) is 0 Å². The number of carbonyl (C=O) groups is 1. The van der Waals surface area contributed by atoms with Crippen molar-refractivity contribution >= 4 is 63.5 Å². The lowest BCUT2D eigenvalue weighted by Gasteiger charge is -2.10. The first-order chi connectivity index (χ1) is 11.5. The first-order valence-electron chi connectivity index (χ1n) is 6.91. The minimum atomic E-state index is -0.141. The lowest BCUT2D eigenvalue weighted by molar-refractivity contribution is -0.121. The van der Waals surface area contributed by atoms with Gasteiger partial charge in [-0.15, -0.1) is 6.58 Å². The zero-order valence-corrected chi connectivity index (χ0v) is 15.4. The molecule has 0 spiro atoms. The molecule has 3 rings (SSSR count). The quantitative estimate of drug-likeness (QED) is 0.380. The monoisotopic (exact) mass is 395 g/mol. The van der Waals surface area contributed by atoms with E-state index in [1.54, 1.807) is 30.4 Å². The number of furan rings is 1. The molecule has 1 amide bonds. The molecule has 1 aliphatic rings. The zero-order valence-electron chi connectivity index (χ0n) is 12.3. The molecule has 0 N–H and O–H groups in total. The lowest BCUT2D eigenvalue weighted by atomic mass is 10.2. The van der Waals surface area contributed by atoms with E-state index in [4.69, 9.17) is 39.8 Å². The maximum Gasteiger partial charge on any atom is 0.266 e. The largest absolute Gasteiger partial charge is 0.457 e. The van der Waals surface area contributed by atoms with Gasteiger partial charge >= 0.3 is 0 Å². The highest BCUT2D eigenvalue weighted by Gasteiger charge is 2.31. The van der Waals surface area contributed by atoms with Crippen molar-refractivity contribution in [3.8, 4) is 11.3 Å². The summed E-state index contributed by atoms with van der Waals surface area (Å²) in [4.78, 5) is 14.3. The van der Waals surface area contributed by atoms with Crippen molar-refractivity contribution in [2.75, 3.05) is 6.54 Å². The highest BCUT2D eigenvalue weighted by molar-refractivity contribution is 8.26. The molecular weight excluding hydrogens is 385 g/mol. The molecule has 3 nitrogen and oxygen atoms in total. The van der Waals surface area contributed by atoms with Crippen LogP contribution in [0.2, 0.25) is 10.0 Å². The summed E-state index contributed by atoms with van der Waals surface area (Å²) >= 11 is 18.4. The molecule has 0 saturated carbocycles. The van der Waals surface area contributed by atoms with Gasteiger partial charge in [-0.3, -0.25) is 9.69 Å². The third-order valence-corrected chi connectivity index (χ3v) is 5.41. The molecule has 1 saturated heterocycles. The van der Waals surface area contributed by atoms with Gasteiger partial charge in [0.2, 0.25) is 0 Å². The fourth-order valence-electron chi connectivity index (χ4n) is 2.15. The third-order valence-electron chi connectivity index (χ3n) is 3.29. The molecule has 7 heteroatoms. The van der Waals surface area contributed by atoms with Crippen LogP contribution in [0.25, 0.3) is 17.4 Å². The molecule has 1 aromatic heterocycles.